The zero-order valence-corrected chi connectivity index (χ0v) is 9.43. The van der Waals surface area contributed by atoms with Crippen LogP contribution in [0.1, 0.15) is 31.6 Å². The van der Waals surface area contributed by atoms with Gasteiger partial charge in [0.15, 0.2) is 11.5 Å². The van der Waals surface area contributed by atoms with E-state index < -0.39 is 0 Å². The Hall–Kier alpha value is -1.42. The first-order valence-corrected chi connectivity index (χ1v) is 5.87. The summed E-state index contributed by atoms with van der Waals surface area (Å²) in [7, 11) is 0. The summed E-state index contributed by atoms with van der Waals surface area (Å²) < 4.78 is 2.05. The van der Waals surface area contributed by atoms with Crippen LogP contribution >= 0.6 is 0 Å². The van der Waals surface area contributed by atoms with Gasteiger partial charge >= 0.3 is 0 Å². The third-order valence-electron chi connectivity index (χ3n) is 3.14. The van der Waals surface area contributed by atoms with Crippen LogP contribution in [0.2, 0.25) is 0 Å². The summed E-state index contributed by atoms with van der Waals surface area (Å²) in [6.45, 7) is 3.24. The molecule has 1 fully saturated rings. The van der Waals surface area contributed by atoms with E-state index >= 15 is 0 Å². The van der Waals surface area contributed by atoms with Crippen LogP contribution in [0.5, 0.6) is 0 Å². The quantitative estimate of drug-likeness (QED) is 0.847. The molecule has 2 aromatic rings. The van der Waals surface area contributed by atoms with Gasteiger partial charge in [0.25, 0.3) is 0 Å². The van der Waals surface area contributed by atoms with Gasteiger partial charge in [-0.15, -0.1) is 10.2 Å². The monoisotopic (exact) mass is 216 g/mol. The second-order valence-corrected chi connectivity index (χ2v) is 4.56. The van der Waals surface area contributed by atoms with E-state index in [1.165, 1.54) is 12.8 Å². The molecule has 0 aromatic carbocycles. The molecule has 4 nitrogen and oxygen atoms in total. The average Bonchev–Trinajstić information content (AvgIpc) is 3.04. The number of nitrogens with zero attached hydrogens (tertiary/aromatic N) is 3. The lowest BCUT2D eigenvalue weighted by Crippen LogP contribution is -2.22. The maximum Gasteiger partial charge on any atom is 0.160 e. The van der Waals surface area contributed by atoms with Crippen molar-refractivity contribution in [1.29, 1.82) is 0 Å². The van der Waals surface area contributed by atoms with Crippen LogP contribution in [0.3, 0.4) is 0 Å². The van der Waals surface area contributed by atoms with Crippen LogP contribution in [-0.2, 0) is 0 Å². The fraction of sp³-hybridized carbons (Fsp3) is 0.500. The number of rotatable bonds is 4. The fourth-order valence-corrected chi connectivity index (χ4v) is 1.91. The predicted molar refractivity (Wildman–Crippen MR) is 62.1 cm³/mol. The van der Waals surface area contributed by atoms with E-state index in [0.29, 0.717) is 0 Å². The lowest BCUT2D eigenvalue weighted by molar-refractivity contribution is 0.522. The van der Waals surface area contributed by atoms with Crippen molar-refractivity contribution in [3.63, 3.8) is 0 Å². The smallest absolute Gasteiger partial charge is 0.160 e. The van der Waals surface area contributed by atoms with Gasteiger partial charge in [-0.1, -0.05) is 6.07 Å². The molecule has 1 aliphatic carbocycles. The van der Waals surface area contributed by atoms with Gasteiger partial charge in [0.1, 0.15) is 0 Å². The SMILES string of the molecule is C[C@H](NCC1CC1)c1nnc2ccccn12. The molecule has 84 valence electrons. The largest absolute Gasteiger partial charge is 0.307 e. The minimum absolute atomic E-state index is 0.262. The van der Waals surface area contributed by atoms with E-state index in [0.717, 1.165) is 23.9 Å². The van der Waals surface area contributed by atoms with Gasteiger partial charge in [0, 0.05) is 6.20 Å². The summed E-state index contributed by atoms with van der Waals surface area (Å²) in [5, 5.41) is 11.9. The topological polar surface area (TPSA) is 42.2 Å². The molecule has 0 saturated heterocycles. The first-order valence-electron chi connectivity index (χ1n) is 5.87. The van der Waals surface area contributed by atoms with Crippen molar-refractivity contribution < 1.29 is 0 Å². The number of hydrogen-bond acceptors (Lipinski definition) is 3. The van der Waals surface area contributed by atoms with E-state index in [4.69, 9.17) is 0 Å². The molecule has 2 aromatic heterocycles. The molecule has 3 rings (SSSR count). The third-order valence-corrected chi connectivity index (χ3v) is 3.14. The van der Waals surface area contributed by atoms with E-state index in [2.05, 4.69) is 22.4 Å². The summed E-state index contributed by atoms with van der Waals surface area (Å²) in [6.07, 6.45) is 4.76. The summed E-state index contributed by atoms with van der Waals surface area (Å²) in [4.78, 5) is 0. The zero-order valence-electron chi connectivity index (χ0n) is 9.43. The third kappa shape index (κ3) is 1.80. The molecule has 1 saturated carbocycles. The maximum absolute atomic E-state index is 4.24. The summed E-state index contributed by atoms with van der Waals surface area (Å²) in [6, 6.07) is 6.23. The van der Waals surface area contributed by atoms with Crippen LogP contribution in [0.15, 0.2) is 24.4 Å². The highest BCUT2D eigenvalue weighted by molar-refractivity contribution is 5.37. The second kappa shape index (κ2) is 3.87. The molecule has 0 amide bonds. The minimum Gasteiger partial charge on any atom is -0.307 e. The fourth-order valence-electron chi connectivity index (χ4n) is 1.91. The number of nitrogens with one attached hydrogen (secondary N) is 1. The molecule has 4 heteroatoms. The Labute approximate surface area is 94.7 Å². The first-order chi connectivity index (χ1) is 7.84. The Bertz CT molecular complexity index is 486. The van der Waals surface area contributed by atoms with Gasteiger partial charge in [-0.05, 0) is 44.4 Å². The van der Waals surface area contributed by atoms with Crippen molar-refractivity contribution in [3.8, 4) is 0 Å². The Morgan fingerprint density at radius 2 is 2.31 bits per heavy atom. The Kier molecular flexibility index (Phi) is 2.36. The van der Waals surface area contributed by atoms with E-state index in [9.17, 15) is 0 Å². The standard InChI is InChI=1S/C12H16N4/c1-9(13-8-10-5-6-10)12-15-14-11-4-2-3-7-16(11)12/h2-4,7,9-10,13H,5-6,8H2,1H3/t9-/m0/s1. The van der Waals surface area contributed by atoms with Gasteiger partial charge < -0.3 is 5.32 Å². The Morgan fingerprint density at radius 3 is 3.12 bits per heavy atom. The number of fused-ring (bicyclic) bond motifs is 1. The zero-order chi connectivity index (χ0) is 11.0. The molecule has 1 aliphatic rings. The molecular formula is C12H16N4. The number of hydrogen-bond donors (Lipinski definition) is 1. The van der Waals surface area contributed by atoms with Crippen molar-refractivity contribution >= 4 is 5.65 Å². The highest BCUT2D eigenvalue weighted by Gasteiger charge is 2.22. The Balaban J connectivity index is 1.80. The second-order valence-electron chi connectivity index (χ2n) is 4.56. The summed E-state index contributed by atoms with van der Waals surface area (Å²) >= 11 is 0. The molecule has 1 atom stereocenters. The van der Waals surface area contributed by atoms with E-state index in [1.807, 2.05) is 28.8 Å². The first kappa shape index (κ1) is 9.78. The molecule has 0 spiro atoms. The lowest BCUT2D eigenvalue weighted by Gasteiger charge is -2.11. The molecule has 1 N–H and O–H groups in total. The molecule has 0 unspecified atom stereocenters. The Morgan fingerprint density at radius 1 is 1.44 bits per heavy atom. The molecule has 16 heavy (non-hydrogen) atoms. The number of aromatic nitrogens is 3. The van der Waals surface area contributed by atoms with Gasteiger partial charge in [-0.2, -0.15) is 0 Å². The van der Waals surface area contributed by atoms with Crippen molar-refractivity contribution in [2.24, 2.45) is 5.92 Å². The van der Waals surface area contributed by atoms with Crippen LogP contribution in [-0.4, -0.2) is 21.1 Å². The molecular weight excluding hydrogens is 200 g/mol. The van der Waals surface area contributed by atoms with Crippen LogP contribution < -0.4 is 5.32 Å². The van der Waals surface area contributed by atoms with E-state index in [1.54, 1.807) is 0 Å². The van der Waals surface area contributed by atoms with Gasteiger partial charge in [-0.3, -0.25) is 4.40 Å². The van der Waals surface area contributed by atoms with Gasteiger partial charge in [0.05, 0.1) is 6.04 Å². The van der Waals surface area contributed by atoms with Crippen molar-refractivity contribution in [3.05, 3.63) is 30.2 Å². The highest BCUT2D eigenvalue weighted by atomic mass is 15.3. The van der Waals surface area contributed by atoms with Crippen molar-refractivity contribution in [2.75, 3.05) is 6.54 Å². The van der Waals surface area contributed by atoms with Crippen molar-refractivity contribution in [1.82, 2.24) is 19.9 Å². The van der Waals surface area contributed by atoms with Crippen LogP contribution in [0, 0.1) is 5.92 Å². The molecule has 0 aliphatic heterocycles. The molecule has 0 radical (unpaired) electrons. The minimum atomic E-state index is 0.262. The van der Waals surface area contributed by atoms with Crippen LogP contribution in [0.25, 0.3) is 5.65 Å². The predicted octanol–water partition coefficient (Wildman–Crippen LogP) is 1.79. The summed E-state index contributed by atoms with van der Waals surface area (Å²) in [5.74, 6) is 1.89. The normalized spacial score (nSPS) is 17.8. The number of pyridine rings is 1. The maximum atomic E-state index is 4.24. The average molecular weight is 216 g/mol. The summed E-state index contributed by atoms with van der Waals surface area (Å²) in [5.41, 5.74) is 0.914. The van der Waals surface area contributed by atoms with Crippen molar-refractivity contribution in [2.45, 2.75) is 25.8 Å². The lowest BCUT2D eigenvalue weighted by atomic mass is 10.3. The molecule has 0 bridgehead atoms. The molecule has 2 heterocycles. The highest BCUT2D eigenvalue weighted by Crippen LogP contribution is 2.28. The van der Waals surface area contributed by atoms with E-state index in [-0.39, 0.29) is 6.04 Å². The van der Waals surface area contributed by atoms with Gasteiger partial charge in [-0.25, -0.2) is 0 Å². The van der Waals surface area contributed by atoms with Crippen LogP contribution in [0.4, 0.5) is 0 Å². The van der Waals surface area contributed by atoms with Gasteiger partial charge in [0.2, 0.25) is 0 Å².